The maximum absolute atomic E-state index is 12.3. The Kier molecular flexibility index (Phi) is 4.66. The molecule has 122 valence electrons. The molecule has 3 rings (SSSR count). The normalized spacial score (nSPS) is 10.6. The second kappa shape index (κ2) is 6.73. The molecule has 24 heavy (non-hydrogen) atoms. The highest BCUT2D eigenvalue weighted by Crippen LogP contribution is 2.29. The van der Waals surface area contributed by atoms with E-state index in [4.69, 9.17) is 34.8 Å². The van der Waals surface area contributed by atoms with E-state index in [1.165, 1.54) is 18.2 Å². The van der Waals surface area contributed by atoms with Crippen LogP contribution in [0.2, 0.25) is 15.1 Å². The number of halogens is 3. The Morgan fingerprint density at radius 1 is 1.04 bits per heavy atom. The number of phenolic OH excluding ortho intramolecular Hbond substituents is 1. The number of aromatic nitrogens is 2. The minimum atomic E-state index is -0.466. The predicted molar refractivity (Wildman–Crippen MR) is 95.1 cm³/mol. The van der Waals surface area contributed by atoms with Crippen LogP contribution in [0, 0.1) is 0 Å². The maximum Gasteiger partial charge on any atom is 0.273 e. The third-order valence-electron chi connectivity index (χ3n) is 3.24. The van der Waals surface area contributed by atoms with Gasteiger partial charge in [0, 0.05) is 10.6 Å². The van der Waals surface area contributed by atoms with Gasteiger partial charge in [0.05, 0.1) is 21.4 Å². The highest BCUT2D eigenvalue weighted by Gasteiger charge is 2.14. The number of aromatic amines is 1. The number of amides is 1. The average molecular weight is 383 g/mol. The van der Waals surface area contributed by atoms with Crippen molar-refractivity contribution >= 4 is 46.4 Å². The minimum absolute atomic E-state index is 0.0861. The summed E-state index contributed by atoms with van der Waals surface area (Å²) in [7, 11) is 0. The van der Waals surface area contributed by atoms with Crippen molar-refractivity contribution in [2.75, 3.05) is 5.32 Å². The Morgan fingerprint density at radius 3 is 2.58 bits per heavy atom. The third-order valence-corrected chi connectivity index (χ3v) is 4.22. The molecule has 3 N–H and O–H groups in total. The zero-order chi connectivity index (χ0) is 17.3. The molecule has 8 heteroatoms. The number of carbonyl (C=O) groups is 1. The van der Waals surface area contributed by atoms with Crippen molar-refractivity contribution in [3.63, 3.8) is 0 Å². The molecule has 1 heterocycles. The lowest BCUT2D eigenvalue weighted by molar-refractivity contribution is 0.102. The van der Waals surface area contributed by atoms with Crippen molar-refractivity contribution in [3.8, 4) is 17.0 Å². The summed E-state index contributed by atoms with van der Waals surface area (Å²) in [6, 6.07) is 11.0. The van der Waals surface area contributed by atoms with Gasteiger partial charge in [-0.1, -0.05) is 40.9 Å². The summed E-state index contributed by atoms with van der Waals surface area (Å²) in [5, 5.41) is 20.3. The first-order valence-electron chi connectivity index (χ1n) is 6.75. The van der Waals surface area contributed by atoms with Gasteiger partial charge in [-0.3, -0.25) is 9.89 Å². The van der Waals surface area contributed by atoms with Gasteiger partial charge >= 0.3 is 0 Å². The Balaban J connectivity index is 1.83. The first kappa shape index (κ1) is 16.6. The molecule has 0 unspecified atom stereocenters. The number of aromatic hydroxyl groups is 1. The molecule has 3 aromatic rings. The Morgan fingerprint density at radius 2 is 1.83 bits per heavy atom. The monoisotopic (exact) mass is 381 g/mol. The number of benzene rings is 2. The first-order valence-corrected chi connectivity index (χ1v) is 7.88. The number of carbonyl (C=O) groups excluding carboxylic acids is 1. The van der Waals surface area contributed by atoms with E-state index in [1.54, 1.807) is 24.3 Å². The molecule has 0 fully saturated rings. The molecule has 1 aromatic heterocycles. The number of hydrogen-bond donors (Lipinski definition) is 3. The Labute approximate surface area is 152 Å². The summed E-state index contributed by atoms with van der Waals surface area (Å²) in [5.41, 5.74) is 1.67. The lowest BCUT2D eigenvalue weighted by Crippen LogP contribution is -2.12. The second-order valence-electron chi connectivity index (χ2n) is 4.91. The number of H-pyrrole nitrogens is 1. The SMILES string of the molecule is O=C(Nc1cc(Cl)ccc1O)c1cc(-c2ccc(Cl)c(Cl)c2)n[nH]1. The molecule has 0 bridgehead atoms. The van der Waals surface area contributed by atoms with Gasteiger partial charge in [0.2, 0.25) is 0 Å². The van der Waals surface area contributed by atoms with Crippen molar-refractivity contribution in [1.82, 2.24) is 10.2 Å². The Hall–Kier alpha value is -2.21. The topological polar surface area (TPSA) is 78.0 Å². The molecule has 0 aliphatic heterocycles. The molecule has 0 aliphatic carbocycles. The zero-order valence-electron chi connectivity index (χ0n) is 12.0. The summed E-state index contributed by atoms with van der Waals surface area (Å²) >= 11 is 17.7. The number of phenols is 1. The van der Waals surface area contributed by atoms with Crippen molar-refractivity contribution in [3.05, 3.63) is 63.2 Å². The van der Waals surface area contributed by atoms with Gasteiger partial charge in [-0.25, -0.2) is 0 Å². The number of nitrogens with one attached hydrogen (secondary N) is 2. The summed E-state index contributed by atoms with van der Waals surface area (Å²) in [5.74, 6) is -0.552. The molecule has 5 nitrogen and oxygen atoms in total. The molecule has 1 amide bonds. The first-order chi connectivity index (χ1) is 11.4. The maximum atomic E-state index is 12.3. The lowest BCUT2D eigenvalue weighted by atomic mass is 10.1. The van der Waals surface area contributed by atoms with Crippen LogP contribution in [0.25, 0.3) is 11.3 Å². The largest absolute Gasteiger partial charge is 0.506 e. The van der Waals surface area contributed by atoms with Crippen LogP contribution in [0.15, 0.2) is 42.5 Å². The van der Waals surface area contributed by atoms with Crippen molar-refractivity contribution < 1.29 is 9.90 Å². The van der Waals surface area contributed by atoms with Crippen LogP contribution in [-0.4, -0.2) is 21.2 Å². The van der Waals surface area contributed by atoms with Gasteiger partial charge in [-0.15, -0.1) is 0 Å². The minimum Gasteiger partial charge on any atom is -0.506 e. The molecule has 0 atom stereocenters. The number of hydrogen-bond acceptors (Lipinski definition) is 3. The van der Waals surface area contributed by atoms with E-state index < -0.39 is 5.91 Å². The highest BCUT2D eigenvalue weighted by molar-refractivity contribution is 6.42. The van der Waals surface area contributed by atoms with E-state index in [-0.39, 0.29) is 17.1 Å². The number of rotatable bonds is 3. The summed E-state index contributed by atoms with van der Waals surface area (Å²) < 4.78 is 0. The molecule has 0 radical (unpaired) electrons. The number of nitrogens with zero attached hydrogens (tertiary/aromatic N) is 1. The predicted octanol–water partition coefficient (Wildman–Crippen LogP) is 4.99. The van der Waals surface area contributed by atoms with E-state index in [1.807, 2.05) is 0 Å². The van der Waals surface area contributed by atoms with Crippen LogP contribution >= 0.6 is 34.8 Å². The van der Waals surface area contributed by atoms with Crippen LogP contribution in [0.4, 0.5) is 5.69 Å². The van der Waals surface area contributed by atoms with E-state index in [0.717, 1.165) is 0 Å². The van der Waals surface area contributed by atoms with Crippen LogP contribution in [0.3, 0.4) is 0 Å². The molecule has 0 spiro atoms. The Bertz CT molecular complexity index is 925. The van der Waals surface area contributed by atoms with E-state index in [0.29, 0.717) is 26.3 Å². The van der Waals surface area contributed by atoms with E-state index in [9.17, 15) is 9.90 Å². The molecule has 2 aromatic carbocycles. The van der Waals surface area contributed by atoms with Gasteiger partial charge in [-0.05, 0) is 36.4 Å². The van der Waals surface area contributed by atoms with Gasteiger partial charge in [0.25, 0.3) is 5.91 Å². The summed E-state index contributed by atoms with van der Waals surface area (Å²) in [6.07, 6.45) is 0. The number of anilines is 1. The van der Waals surface area contributed by atoms with Crippen molar-refractivity contribution in [2.45, 2.75) is 0 Å². The van der Waals surface area contributed by atoms with Crippen LogP contribution < -0.4 is 5.32 Å². The van der Waals surface area contributed by atoms with E-state index >= 15 is 0 Å². The van der Waals surface area contributed by atoms with Gasteiger partial charge < -0.3 is 10.4 Å². The summed E-state index contributed by atoms with van der Waals surface area (Å²) in [6.45, 7) is 0. The van der Waals surface area contributed by atoms with Gasteiger partial charge in [0.1, 0.15) is 11.4 Å². The molecule has 0 saturated carbocycles. The second-order valence-corrected chi connectivity index (χ2v) is 6.16. The zero-order valence-corrected chi connectivity index (χ0v) is 14.2. The fourth-order valence-electron chi connectivity index (χ4n) is 2.04. The van der Waals surface area contributed by atoms with E-state index in [2.05, 4.69) is 15.5 Å². The fourth-order valence-corrected chi connectivity index (χ4v) is 2.51. The quantitative estimate of drug-likeness (QED) is 0.558. The van der Waals surface area contributed by atoms with Gasteiger partial charge in [-0.2, -0.15) is 5.10 Å². The fraction of sp³-hybridized carbons (Fsp3) is 0. The van der Waals surface area contributed by atoms with Crippen molar-refractivity contribution in [1.29, 1.82) is 0 Å². The standard InChI is InChI=1S/C16H10Cl3N3O2/c17-9-2-4-15(23)13(6-9)20-16(24)14-7-12(21-22-14)8-1-3-10(18)11(19)5-8/h1-7,23H,(H,20,24)(H,21,22). The van der Waals surface area contributed by atoms with Crippen molar-refractivity contribution in [2.24, 2.45) is 0 Å². The smallest absolute Gasteiger partial charge is 0.273 e. The molecular formula is C16H10Cl3N3O2. The highest BCUT2D eigenvalue weighted by atomic mass is 35.5. The van der Waals surface area contributed by atoms with Gasteiger partial charge in [0.15, 0.2) is 0 Å². The van der Waals surface area contributed by atoms with Crippen LogP contribution in [-0.2, 0) is 0 Å². The third kappa shape index (κ3) is 3.48. The summed E-state index contributed by atoms with van der Waals surface area (Å²) in [4.78, 5) is 12.3. The van der Waals surface area contributed by atoms with Crippen LogP contribution in [0.5, 0.6) is 5.75 Å². The molecular weight excluding hydrogens is 373 g/mol. The molecule has 0 aliphatic rings. The van der Waals surface area contributed by atoms with Crippen LogP contribution in [0.1, 0.15) is 10.5 Å². The average Bonchev–Trinajstić information content (AvgIpc) is 3.03. The lowest BCUT2D eigenvalue weighted by Gasteiger charge is -2.06. The molecule has 0 saturated heterocycles.